The first-order chi connectivity index (χ1) is 19.4. The van der Waals surface area contributed by atoms with E-state index >= 15 is 0 Å². The van der Waals surface area contributed by atoms with E-state index in [1.54, 1.807) is 18.3 Å². The number of phosphoric ester groups is 1. The highest BCUT2D eigenvalue weighted by Crippen LogP contribution is 2.47. The zero-order valence-corrected chi connectivity index (χ0v) is 21.9. The van der Waals surface area contributed by atoms with Gasteiger partial charge in [-0.1, -0.05) is 0 Å². The van der Waals surface area contributed by atoms with E-state index < -0.39 is 76.1 Å². The number of carbonyl (C=O) groups is 1. The second-order valence-corrected chi connectivity index (χ2v) is 10.2. The van der Waals surface area contributed by atoms with Crippen molar-refractivity contribution in [3.05, 3.63) is 42.7 Å². The van der Waals surface area contributed by atoms with Crippen molar-refractivity contribution in [3.8, 4) is 0 Å². The van der Waals surface area contributed by atoms with Crippen molar-refractivity contribution >= 4 is 30.7 Å². The summed E-state index contributed by atoms with van der Waals surface area (Å²) in [6.07, 6.45) is -6.15. The number of aliphatic hydroxyl groups is 5. The zero-order valence-electron chi connectivity index (χ0n) is 21.0. The summed E-state index contributed by atoms with van der Waals surface area (Å²) in [5.41, 5.74) is 11.6. The lowest BCUT2D eigenvalue weighted by Gasteiger charge is -2.21. The van der Waals surface area contributed by atoms with Crippen molar-refractivity contribution in [2.24, 2.45) is 5.73 Å². The van der Waals surface area contributed by atoms with Crippen LogP contribution in [0.15, 0.2) is 37.2 Å². The predicted octanol–water partition coefficient (Wildman–Crippen LogP) is -3.22. The van der Waals surface area contributed by atoms with Crippen molar-refractivity contribution in [1.82, 2.24) is 24.5 Å². The number of rotatable bonds is 8. The quantitative estimate of drug-likeness (QED) is 0.118. The Hall–Kier alpha value is -3.20. The van der Waals surface area contributed by atoms with Gasteiger partial charge in [0.05, 0.1) is 25.1 Å². The number of primary amides is 1. The van der Waals surface area contributed by atoms with Gasteiger partial charge in [-0.2, -0.15) is 0 Å². The van der Waals surface area contributed by atoms with Gasteiger partial charge in [0, 0.05) is 12.4 Å². The van der Waals surface area contributed by atoms with Crippen LogP contribution in [0.4, 0.5) is 5.82 Å². The maximum absolute atomic E-state index is 12.2. The fourth-order valence-corrected chi connectivity index (χ4v) is 4.78. The molecule has 9 atom stereocenters. The number of pyridine rings is 1. The summed E-state index contributed by atoms with van der Waals surface area (Å²) in [6, 6.07) is 3.29. The number of aromatic nitrogens is 5. The first kappa shape index (κ1) is 30.8. The van der Waals surface area contributed by atoms with Gasteiger partial charge < -0.3 is 51.4 Å². The van der Waals surface area contributed by atoms with Crippen LogP contribution in [0.5, 0.6) is 0 Å². The van der Waals surface area contributed by atoms with E-state index in [4.69, 9.17) is 35.1 Å². The summed E-state index contributed by atoms with van der Waals surface area (Å²) < 4.78 is 33.6. The molecule has 0 aromatic carbocycles. The summed E-state index contributed by atoms with van der Waals surface area (Å²) in [4.78, 5) is 35.9. The lowest BCUT2D eigenvalue weighted by Crippen LogP contribution is -2.35. The fraction of sp³-hybridized carbons (Fsp3) is 0.476. The minimum Gasteiger partial charge on any atom is -0.394 e. The van der Waals surface area contributed by atoms with Crippen LogP contribution < -0.4 is 11.5 Å². The molecule has 5 heterocycles. The first-order valence-electron chi connectivity index (χ1n) is 11.9. The first-order valence-corrected chi connectivity index (χ1v) is 13.4. The second-order valence-electron chi connectivity index (χ2n) is 8.81. The molecule has 2 saturated heterocycles. The number of hydrogen-bond donors (Lipinski definition) is 8. The Morgan fingerprint density at radius 2 is 1.80 bits per heavy atom. The third-order valence-corrected chi connectivity index (χ3v) is 7.03. The van der Waals surface area contributed by atoms with Crippen LogP contribution in [0.1, 0.15) is 16.6 Å². The molecule has 1 amide bonds. The molecule has 224 valence electrons. The molecule has 3 aromatic rings. The molecule has 2 aliphatic heterocycles. The molecule has 0 spiro atoms. The van der Waals surface area contributed by atoms with Crippen LogP contribution in [0.3, 0.4) is 0 Å². The Kier molecular flexibility index (Phi) is 9.57. The minimum atomic E-state index is -4.87. The van der Waals surface area contributed by atoms with E-state index in [0.29, 0.717) is 5.56 Å². The molecule has 0 aliphatic carbocycles. The summed E-state index contributed by atoms with van der Waals surface area (Å²) in [5, 5.41) is 49.2. The van der Waals surface area contributed by atoms with Crippen LogP contribution in [0.25, 0.3) is 11.2 Å². The molecule has 5 rings (SSSR count). The van der Waals surface area contributed by atoms with E-state index in [1.807, 2.05) is 0 Å². The number of amides is 1. The van der Waals surface area contributed by atoms with Gasteiger partial charge in [0.15, 0.2) is 24.0 Å². The molecule has 0 bridgehead atoms. The number of imidazole rings is 1. The smallest absolute Gasteiger partial charge is 0.394 e. The number of anilines is 1. The fourth-order valence-electron chi connectivity index (χ4n) is 3.94. The van der Waals surface area contributed by atoms with Crippen molar-refractivity contribution in [2.75, 3.05) is 18.9 Å². The highest BCUT2D eigenvalue weighted by Gasteiger charge is 2.48. The van der Waals surface area contributed by atoms with Crippen LogP contribution >= 0.6 is 7.82 Å². The third-order valence-electron chi connectivity index (χ3n) is 6.08. The van der Waals surface area contributed by atoms with Gasteiger partial charge in [-0.25, -0.2) is 19.5 Å². The number of hydrogen-bond acceptors (Lipinski definition) is 16. The van der Waals surface area contributed by atoms with Gasteiger partial charge in [0.1, 0.15) is 48.5 Å². The topological polar surface area (TPSA) is 301 Å². The SMILES string of the molecule is NC(=O)c1cccnc1.Nc1ncnc2c1ncn2[C@@H]1O[C@H](COP(=O)(O)OC2O[C@H](CO)[C@@H](O)[C@H]2O)[C@@H](O)[C@H]1O. The number of ether oxygens (including phenoxy) is 2. The molecular formula is C21H28N7O12P. The maximum Gasteiger partial charge on any atom is 0.474 e. The van der Waals surface area contributed by atoms with Gasteiger partial charge in [-0.3, -0.25) is 23.4 Å². The Labute approximate surface area is 230 Å². The average molecular weight is 601 g/mol. The van der Waals surface area contributed by atoms with Gasteiger partial charge >= 0.3 is 7.82 Å². The number of phosphoric acid groups is 1. The average Bonchev–Trinajstić information content (AvgIpc) is 3.59. The van der Waals surface area contributed by atoms with Gasteiger partial charge in [0.2, 0.25) is 5.91 Å². The van der Waals surface area contributed by atoms with Gasteiger partial charge in [-0.05, 0) is 12.1 Å². The van der Waals surface area contributed by atoms with E-state index in [1.165, 1.54) is 23.4 Å². The molecular weight excluding hydrogens is 573 g/mol. The molecule has 2 unspecified atom stereocenters. The van der Waals surface area contributed by atoms with Gasteiger partial charge in [0.25, 0.3) is 0 Å². The largest absolute Gasteiger partial charge is 0.474 e. The number of aliphatic hydroxyl groups excluding tert-OH is 5. The van der Waals surface area contributed by atoms with E-state index in [9.17, 15) is 34.7 Å². The molecule has 0 saturated carbocycles. The van der Waals surface area contributed by atoms with Crippen molar-refractivity contribution in [2.45, 2.75) is 49.1 Å². The number of nitrogens with two attached hydrogens (primary N) is 2. The van der Waals surface area contributed by atoms with E-state index in [2.05, 4.69) is 19.9 Å². The molecule has 19 nitrogen and oxygen atoms in total. The molecule has 3 aromatic heterocycles. The minimum absolute atomic E-state index is 0.102. The van der Waals surface area contributed by atoms with Gasteiger partial charge in [-0.15, -0.1) is 0 Å². The maximum atomic E-state index is 12.2. The van der Waals surface area contributed by atoms with Crippen molar-refractivity contribution in [3.63, 3.8) is 0 Å². The van der Waals surface area contributed by atoms with Crippen molar-refractivity contribution < 1.29 is 58.3 Å². The molecule has 10 N–H and O–H groups in total. The predicted molar refractivity (Wildman–Crippen MR) is 133 cm³/mol. The highest BCUT2D eigenvalue weighted by atomic mass is 31.2. The third kappa shape index (κ3) is 6.83. The van der Waals surface area contributed by atoms with Crippen LogP contribution in [0.2, 0.25) is 0 Å². The Morgan fingerprint density at radius 3 is 2.41 bits per heavy atom. The number of nitrogen functional groups attached to an aromatic ring is 1. The Morgan fingerprint density at radius 1 is 1.07 bits per heavy atom. The summed E-state index contributed by atoms with van der Waals surface area (Å²) >= 11 is 0. The summed E-state index contributed by atoms with van der Waals surface area (Å²) in [5.74, 6) is -0.340. The Bertz CT molecular complexity index is 1380. The van der Waals surface area contributed by atoms with Crippen LogP contribution in [-0.4, -0.2) is 117 Å². The monoisotopic (exact) mass is 601 g/mol. The molecule has 2 aliphatic rings. The molecule has 41 heavy (non-hydrogen) atoms. The Balaban J connectivity index is 0.000000367. The molecule has 20 heteroatoms. The summed E-state index contributed by atoms with van der Waals surface area (Å²) in [7, 11) is -4.87. The van der Waals surface area contributed by atoms with E-state index in [-0.39, 0.29) is 17.0 Å². The highest BCUT2D eigenvalue weighted by molar-refractivity contribution is 7.47. The lowest BCUT2D eigenvalue weighted by atomic mass is 10.1. The number of fused-ring (bicyclic) bond motifs is 1. The number of carbonyl (C=O) groups excluding carboxylic acids is 1. The van der Waals surface area contributed by atoms with Crippen LogP contribution in [-0.2, 0) is 23.1 Å². The lowest BCUT2D eigenvalue weighted by molar-refractivity contribution is -0.131. The number of nitrogens with zero attached hydrogens (tertiary/aromatic N) is 5. The normalized spacial score (nSPS) is 31.0. The summed E-state index contributed by atoms with van der Waals surface area (Å²) in [6.45, 7) is -1.35. The van der Waals surface area contributed by atoms with E-state index in [0.717, 1.165) is 0 Å². The zero-order chi connectivity index (χ0) is 29.9. The van der Waals surface area contributed by atoms with Crippen molar-refractivity contribution in [1.29, 1.82) is 0 Å². The molecule has 0 radical (unpaired) electrons. The standard InChI is InChI=1S/C15H22N5O11P.C6H6N2O/c16-12-7-13(18-3-17-12)20(4-19-7)14-10(24)9(23)6(29-14)2-28-32(26,27)31-15-11(25)8(22)5(1-21)30-15;7-6(9)5-2-1-3-8-4-5/h3-6,8-11,14-15,21-25H,1-2H2,(H,26,27)(H2,16,17,18);1-4H,(H2,7,9)/t5-,6-,8-,9-,10-,11-,14-,15?;/m1./s1. The molecule has 2 fully saturated rings. The second kappa shape index (κ2) is 12.8. The van der Waals surface area contributed by atoms with Crippen LogP contribution in [0, 0.1) is 0 Å².